The van der Waals surface area contributed by atoms with E-state index in [9.17, 15) is 0 Å². The van der Waals surface area contributed by atoms with Crippen molar-refractivity contribution in [2.75, 3.05) is 6.79 Å². The molecular weight excluding hydrogens is 346 g/mol. The van der Waals surface area contributed by atoms with E-state index in [0.29, 0.717) is 17.7 Å². The Morgan fingerprint density at radius 1 is 1.08 bits per heavy atom. The molecule has 7 heteroatoms. The van der Waals surface area contributed by atoms with Gasteiger partial charge in [0.15, 0.2) is 16.3 Å². The Kier molecular flexibility index (Phi) is 4.00. The molecular formula is C17H14ClN3O2S. The number of fused-ring (bicyclic) bond motifs is 1. The quantitative estimate of drug-likeness (QED) is 0.716. The summed E-state index contributed by atoms with van der Waals surface area (Å²) < 4.78 is 13.4. The second-order valence-corrected chi connectivity index (χ2v) is 6.35. The Balaban J connectivity index is 1.60. The number of H-pyrrole nitrogens is 1. The van der Waals surface area contributed by atoms with Crippen LogP contribution in [0, 0.1) is 4.77 Å². The van der Waals surface area contributed by atoms with Crippen molar-refractivity contribution in [3.05, 3.63) is 69.2 Å². The SMILES string of the molecule is S=c1[nH]nc(Cc2ccc(Cl)cc2)n1Cc1ccc2c(c1)OCO2. The molecule has 0 radical (unpaired) electrons. The Bertz CT molecular complexity index is 934. The van der Waals surface area contributed by atoms with Gasteiger partial charge in [-0.1, -0.05) is 29.8 Å². The number of ether oxygens (including phenoxy) is 2. The maximum absolute atomic E-state index is 5.94. The number of halogens is 1. The number of nitrogens with one attached hydrogen (secondary N) is 1. The molecule has 3 aromatic rings. The molecule has 122 valence electrons. The molecule has 5 nitrogen and oxygen atoms in total. The van der Waals surface area contributed by atoms with E-state index >= 15 is 0 Å². The fraction of sp³-hybridized carbons (Fsp3) is 0.176. The standard InChI is InChI=1S/C17H14ClN3O2S/c18-13-4-1-11(2-5-13)8-16-19-20-17(24)21(16)9-12-3-6-14-15(7-12)23-10-22-14/h1-7H,8-10H2,(H,20,24). The third-order valence-electron chi connectivity index (χ3n) is 3.89. The van der Waals surface area contributed by atoms with Crippen LogP contribution in [0.15, 0.2) is 42.5 Å². The number of rotatable bonds is 4. The van der Waals surface area contributed by atoms with E-state index in [1.54, 1.807) is 0 Å². The molecule has 0 saturated heterocycles. The number of hydrogen-bond acceptors (Lipinski definition) is 4. The average Bonchev–Trinajstić information content (AvgIpc) is 3.18. The molecule has 1 N–H and O–H groups in total. The lowest BCUT2D eigenvalue weighted by Crippen LogP contribution is -2.06. The largest absolute Gasteiger partial charge is 0.454 e. The van der Waals surface area contributed by atoms with Crippen LogP contribution in [-0.4, -0.2) is 21.6 Å². The highest BCUT2D eigenvalue weighted by Gasteiger charge is 2.14. The maximum Gasteiger partial charge on any atom is 0.231 e. The first kappa shape index (κ1) is 15.2. The van der Waals surface area contributed by atoms with Gasteiger partial charge in [-0.3, -0.25) is 9.67 Å². The molecule has 24 heavy (non-hydrogen) atoms. The van der Waals surface area contributed by atoms with Gasteiger partial charge >= 0.3 is 0 Å². The van der Waals surface area contributed by atoms with Crippen LogP contribution in [0.3, 0.4) is 0 Å². The van der Waals surface area contributed by atoms with Gasteiger partial charge in [0, 0.05) is 11.4 Å². The summed E-state index contributed by atoms with van der Waals surface area (Å²) in [4.78, 5) is 0. The second-order valence-electron chi connectivity index (χ2n) is 5.52. The molecule has 2 aromatic carbocycles. The highest BCUT2D eigenvalue weighted by Crippen LogP contribution is 2.32. The predicted octanol–water partition coefficient (Wildman–Crippen LogP) is 3.96. The van der Waals surface area contributed by atoms with Crippen LogP contribution in [0.1, 0.15) is 17.0 Å². The molecule has 0 amide bonds. The van der Waals surface area contributed by atoms with Crippen LogP contribution in [0.4, 0.5) is 0 Å². The first-order valence-electron chi connectivity index (χ1n) is 7.46. The molecule has 2 heterocycles. The molecule has 0 fully saturated rings. The zero-order chi connectivity index (χ0) is 16.5. The topological polar surface area (TPSA) is 52.1 Å². The van der Waals surface area contributed by atoms with E-state index in [0.717, 1.165) is 33.5 Å². The first-order valence-corrected chi connectivity index (χ1v) is 8.25. The van der Waals surface area contributed by atoms with Crippen LogP contribution >= 0.6 is 23.8 Å². The van der Waals surface area contributed by atoms with Crippen molar-refractivity contribution >= 4 is 23.8 Å². The molecule has 1 aliphatic heterocycles. The Hall–Kier alpha value is -2.31. The fourth-order valence-electron chi connectivity index (χ4n) is 2.66. The lowest BCUT2D eigenvalue weighted by molar-refractivity contribution is 0.174. The lowest BCUT2D eigenvalue weighted by atomic mass is 10.1. The van der Waals surface area contributed by atoms with Crippen molar-refractivity contribution in [3.8, 4) is 11.5 Å². The van der Waals surface area contributed by atoms with Gasteiger partial charge in [0.05, 0.1) is 6.54 Å². The third-order valence-corrected chi connectivity index (χ3v) is 4.45. The monoisotopic (exact) mass is 359 g/mol. The molecule has 4 rings (SSSR count). The average molecular weight is 360 g/mol. The molecule has 0 atom stereocenters. The zero-order valence-electron chi connectivity index (χ0n) is 12.7. The predicted molar refractivity (Wildman–Crippen MR) is 93.3 cm³/mol. The Morgan fingerprint density at radius 2 is 1.83 bits per heavy atom. The highest BCUT2D eigenvalue weighted by atomic mass is 35.5. The van der Waals surface area contributed by atoms with Crippen molar-refractivity contribution < 1.29 is 9.47 Å². The van der Waals surface area contributed by atoms with Gasteiger partial charge in [-0.2, -0.15) is 5.10 Å². The lowest BCUT2D eigenvalue weighted by Gasteiger charge is -2.08. The molecule has 0 bridgehead atoms. The van der Waals surface area contributed by atoms with Crippen LogP contribution in [0.2, 0.25) is 5.02 Å². The summed E-state index contributed by atoms with van der Waals surface area (Å²) in [6.07, 6.45) is 0.675. The van der Waals surface area contributed by atoms with Crippen LogP contribution in [0.5, 0.6) is 11.5 Å². The van der Waals surface area contributed by atoms with Gasteiger partial charge in [0.2, 0.25) is 6.79 Å². The summed E-state index contributed by atoms with van der Waals surface area (Å²) in [7, 11) is 0. The molecule has 1 aliphatic rings. The van der Waals surface area contributed by atoms with Gasteiger partial charge in [-0.15, -0.1) is 0 Å². The number of nitrogens with zero attached hydrogens (tertiary/aromatic N) is 2. The van der Waals surface area contributed by atoms with Gasteiger partial charge in [0.25, 0.3) is 0 Å². The van der Waals surface area contributed by atoms with E-state index < -0.39 is 0 Å². The van der Waals surface area contributed by atoms with E-state index in [1.165, 1.54) is 0 Å². The fourth-order valence-corrected chi connectivity index (χ4v) is 3.00. The van der Waals surface area contributed by atoms with Crippen LogP contribution in [0.25, 0.3) is 0 Å². The molecule has 0 saturated carbocycles. The van der Waals surface area contributed by atoms with Crippen LogP contribution in [-0.2, 0) is 13.0 Å². The summed E-state index contributed by atoms with van der Waals surface area (Å²) in [5, 5.41) is 7.95. The molecule has 0 spiro atoms. The number of hydrogen-bond donors (Lipinski definition) is 1. The van der Waals surface area contributed by atoms with E-state index in [4.69, 9.17) is 33.3 Å². The van der Waals surface area contributed by atoms with Crippen molar-refractivity contribution in [2.24, 2.45) is 0 Å². The summed E-state index contributed by atoms with van der Waals surface area (Å²) in [5.41, 5.74) is 2.20. The number of aromatic nitrogens is 3. The zero-order valence-corrected chi connectivity index (χ0v) is 14.2. The molecule has 0 unspecified atom stereocenters. The second kappa shape index (κ2) is 6.30. The third kappa shape index (κ3) is 3.02. The van der Waals surface area contributed by atoms with Crippen molar-refractivity contribution in [1.82, 2.24) is 14.8 Å². The minimum Gasteiger partial charge on any atom is -0.454 e. The first-order chi connectivity index (χ1) is 11.7. The summed E-state index contributed by atoms with van der Waals surface area (Å²) in [6, 6.07) is 13.6. The maximum atomic E-state index is 5.94. The normalized spacial score (nSPS) is 12.5. The number of aromatic amines is 1. The van der Waals surface area contributed by atoms with Gasteiger partial charge < -0.3 is 9.47 Å². The van der Waals surface area contributed by atoms with Crippen molar-refractivity contribution in [2.45, 2.75) is 13.0 Å². The minimum absolute atomic E-state index is 0.270. The van der Waals surface area contributed by atoms with Gasteiger partial charge in [-0.05, 0) is 47.6 Å². The number of benzene rings is 2. The smallest absolute Gasteiger partial charge is 0.231 e. The van der Waals surface area contributed by atoms with Crippen LogP contribution < -0.4 is 9.47 Å². The van der Waals surface area contributed by atoms with Crippen molar-refractivity contribution in [3.63, 3.8) is 0 Å². The summed E-state index contributed by atoms with van der Waals surface area (Å²) in [6.45, 7) is 0.890. The van der Waals surface area contributed by atoms with E-state index in [1.807, 2.05) is 47.0 Å². The van der Waals surface area contributed by atoms with E-state index in [-0.39, 0.29) is 6.79 Å². The summed E-state index contributed by atoms with van der Waals surface area (Å²) >= 11 is 11.3. The van der Waals surface area contributed by atoms with Crippen molar-refractivity contribution in [1.29, 1.82) is 0 Å². The Morgan fingerprint density at radius 3 is 2.67 bits per heavy atom. The Labute approximate surface area is 148 Å². The van der Waals surface area contributed by atoms with E-state index in [2.05, 4.69) is 10.2 Å². The minimum atomic E-state index is 0.270. The molecule has 0 aliphatic carbocycles. The molecule has 1 aromatic heterocycles. The van der Waals surface area contributed by atoms with Gasteiger partial charge in [0.1, 0.15) is 5.82 Å². The highest BCUT2D eigenvalue weighted by molar-refractivity contribution is 7.71. The summed E-state index contributed by atoms with van der Waals surface area (Å²) in [5.74, 6) is 2.41. The van der Waals surface area contributed by atoms with Gasteiger partial charge in [-0.25, -0.2) is 0 Å².